The average molecular weight is 356 g/mol. The fraction of sp³-hybridized carbons (Fsp3) is 0.562. The van der Waals surface area contributed by atoms with Crippen molar-refractivity contribution in [1.82, 2.24) is 4.31 Å². The van der Waals surface area contributed by atoms with Gasteiger partial charge in [0.05, 0.1) is 49.9 Å². The molecule has 1 heterocycles. The maximum absolute atomic E-state index is 12.9. The molecule has 1 aliphatic heterocycles. The second kappa shape index (κ2) is 7.96. The van der Waals surface area contributed by atoms with Gasteiger partial charge in [-0.25, -0.2) is 8.42 Å². The Morgan fingerprint density at radius 1 is 1.29 bits per heavy atom. The molecule has 24 heavy (non-hydrogen) atoms. The highest BCUT2D eigenvalue weighted by Gasteiger charge is 2.30. The minimum Gasteiger partial charge on any atom is -0.492 e. The lowest BCUT2D eigenvalue weighted by molar-refractivity contribution is -0.901. The topological polar surface area (TPSA) is 80.2 Å². The van der Waals surface area contributed by atoms with Crippen molar-refractivity contribution in [1.29, 1.82) is 0 Å². The van der Waals surface area contributed by atoms with Gasteiger partial charge in [0.15, 0.2) is 0 Å². The molecule has 0 radical (unpaired) electrons. The van der Waals surface area contributed by atoms with E-state index in [1.165, 1.54) is 28.3 Å². The van der Waals surface area contributed by atoms with E-state index in [9.17, 15) is 13.2 Å². The number of quaternary nitrogens is 1. The number of amides is 1. The summed E-state index contributed by atoms with van der Waals surface area (Å²) in [5.74, 6) is 0.192. The Bertz CT molecular complexity index is 683. The molecule has 0 atom stereocenters. The number of rotatable bonds is 6. The molecule has 0 aliphatic carbocycles. The summed E-state index contributed by atoms with van der Waals surface area (Å²) < 4.78 is 32.7. The van der Waals surface area contributed by atoms with Gasteiger partial charge in [0, 0.05) is 6.92 Å². The van der Waals surface area contributed by atoms with Crippen molar-refractivity contribution < 1.29 is 22.8 Å². The van der Waals surface area contributed by atoms with Crippen molar-refractivity contribution in [3.63, 3.8) is 0 Å². The first kappa shape index (κ1) is 18.7. The monoisotopic (exact) mass is 356 g/mol. The highest BCUT2D eigenvalue weighted by Crippen LogP contribution is 2.29. The summed E-state index contributed by atoms with van der Waals surface area (Å²) in [6.45, 7) is 9.39. The first-order valence-electron chi connectivity index (χ1n) is 8.26. The summed E-state index contributed by atoms with van der Waals surface area (Å²) in [7, 11) is -3.57. The fourth-order valence-electron chi connectivity index (χ4n) is 2.78. The van der Waals surface area contributed by atoms with E-state index in [4.69, 9.17) is 4.74 Å². The third-order valence-electron chi connectivity index (χ3n) is 4.13. The van der Waals surface area contributed by atoms with Gasteiger partial charge in [0.1, 0.15) is 5.75 Å². The molecule has 0 spiro atoms. The van der Waals surface area contributed by atoms with E-state index in [1.807, 2.05) is 6.92 Å². The van der Waals surface area contributed by atoms with E-state index in [1.54, 1.807) is 6.07 Å². The Hall–Kier alpha value is -1.64. The number of carbonyl (C=O) groups is 1. The zero-order chi connectivity index (χ0) is 17.7. The van der Waals surface area contributed by atoms with Crippen LogP contribution in [0.5, 0.6) is 5.75 Å². The normalized spacial score (nSPS) is 16.8. The summed E-state index contributed by atoms with van der Waals surface area (Å²) in [4.78, 5) is 13.0. The van der Waals surface area contributed by atoms with Crippen molar-refractivity contribution in [2.75, 3.05) is 44.6 Å². The van der Waals surface area contributed by atoms with Gasteiger partial charge in [-0.3, -0.25) is 4.79 Å². The van der Waals surface area contributed by atoms with Crippen LogP contribution >= 0.6 is 0 Å². The number of anilines is 1. The lowest BCUT2D eigenvalue weighted by Crippen LogP contribution is -3.14. The molecule has 1 saturated heterocycles. The molecule has 1 aliphatic rings. The van der Waals surface area contributed by atoms with Gasteiger partial charge >= 0.3 is 0 Å². The Morgan fingerprint density at radius 3 is 2.50 bits per heavy atom. The summed E-state index contributed by atoms with van der Waals surface area (Å²) in [5, 5.41) is 2.64. The van der Waals surface area contributed by atoms with Crippen LogP contribution in [0.4, 0.5) is 5.69 Å². The zero-order valence-electron chi connectivity index (χ0n) is 14.5. The molecule has 1 aromatic carbocycles. The van der Waals surface area contributed by atoms with Crippen LogP contribution in [0.1, 0.15) is 20.8 Å². The Balaban J connectivity index is 2.28. The zero-order valence-corrected chi connectivity index (χ0v) is 15.3. The van der Waals surface area contributed by atoms with E-state index < -0.39 is 10.0 Å². The van der Waals surface area contributed by atoms with E-state index >= 15 is 0 Å². The third kappa shape index (κ3) is 4.25. The summed E-state index contributed by atoms with van der Waals surface area (Å²) in [5.41, 5.74) is 0.378. The smallest absolute Gasteiger partial charge is 0.243 e. The molecule has 1 aromatic rings. The first-order valence-corrected chi connectivity index (χ1v) is 9.70. The van der Waals surface area contributed by atoms with Crippen molar-refractivity contribution >= 4 is 21.6 Å². The van der Waals surface area contributed by atoms with Crippen LogP contribution < -0.4 is 15.0 Å². The SMILES string of the molecule is CCOc1ccc(S(=O)(=O)N2CC[NH+](CC)CC2)cc1NC(C)=O. The molecule has 0 saturated carbocycles. The van der Waals surface area contributed by atoms with Crippen LogP contribution in [0.15, 0.2) is 23.1 Å². The van der Waals surface area contributed by atoms with Crippen molar-refractivity contribution in [2.45, 2.75) is 25.7 Å². The van der Waals surface area contributed by atoms with E-state index in [-0.39, 0.29) is 10.8 Å². The minimum absolute atomic E-state index is 0.176. The number of sulfonamides is 1. The molecule has 8 heteroatoms. The molecule has 0 bridgehead atoms. The molecule has 0 unspecified atom stereocenters. The predicted octanol–water partition coefficient (Wildman–Crippen LogP) is -0.0472. The second-order valence-electron chi connectivity index (χ2n) is 5.78. The van der Waals surface area contributed by atoms with Gasteiger partial charge in [0.2, 0.25) is 15.9 Å². The molecule has 2 N–H and O–H groups in total. The molecule has 2 rings (SSSR count). The minimum atomic E-state index is -3.57. The van der Waals surface area contributed by atoms with Crippen LogP contribution in [0.3, 0.4) is 0 Å². The van der Waals surface area contributed by atoms with E-state index in [0.29, 0.717) is 31.1 Å². The predicted molar refractivity (Wildman–Crippen MR) is 91.9 cm³/mol. The Labute approximate surface area is 143 Å². The third-order valence-corrected chi connectivity index (χ3v) is 6.02. The highest BCUT2D eigenvalue weighted by molar-refractivity contribution is 7.89. The molecule has 1 fully saturated rings. The molecule has 7 nitrogen and oxygen atoms in total. The number of carbonyl (C=O) groups excluding carboxylic acids is 1. The number of hydrogen-bond acceptors (Lipinski definition) is 4. The van der Waals surface area contributed by atoms with Crippen molar-refractivity contribution in [3.05, 3.63) is 18.2 Å². The van der Waals surface area contributed by atoms with E-state index in [0.717, 1.165) is 19.6 Å². The van der Waals surface area contributed by atoms with E-state index in [2.05, 4.69) is 12.2 Å². The van der Waals surface area contributed by atoms with Crippen LogP contribution in [-0.4, -0.2) is 58.0 Å². The van der Waals surface area contributed by atoms with Crippen molar-refractivity contribution in [3.8, 4) is 5.75 Å². The van der Waals surface area contributed by atoms with Crippen LogP contribution in [0.2, 0.25) is 0 Å². The number of ether oxygens (including phenoxy) is 1. The lowest BCUT2D eigenvalue weighted by Gasteiger charge is -2.31. The van der Waals surface area contributed by atoms with Gasteiger partial charge in [-0.2, -0.15) is 4.31 Å². The number of hydrogen-bond donors (Lipinski definition) is 2. The second-order valence-corrected chi connectivity index (χ2v) is 7.72. The largest absolute Gasteiger partial charge is 0.492 e. The quantitative estimate of drug-likeness (QED) is 0.749. The van der Waals surface area contributed by atoms with Gasteiger partial charge in [0.25, 0.3) is 0 Å². The number of likely N-dealkylation sites (N-methyl/N-ethyl adjacent to an activating group) is 1. The van der Waals surface area contributed by atoms with Gasteiger partial charge in [-0.1, -0.05) is 0 Å². The van der Waals surface area contributed by atoms with Crippen molar-refractivity contribution in [2.24, 2.45) is 0 Å². The number of nitrogens with zero attached hydrogens (tertiary/aromatic N) is 1. The number of benzene rings is 1. The van der Waals surface area contributed by atoms with Gasteiger partial charge < -0.3 is 15.0 Å². The molecule has 1 amide bonds. The molecular weight excluding hydrogens is 330 g/mol. The summed E-state index contributed by atoms with van der Waals surface area (Å²) in [6.07, 6.45) is 0. The standard InChI is InChI=1S/C16H25N3O4S/c1-4-18-8-10-19(11-9-18)24(21,22)14-6-7-16(23-5-2)15(12-14)17-13(3)20/h6-7,12H,4-5,8-11H2,1-3H3,(H,17,20)/p+1. The number of piperazine rings is 1. The summed E-state index contributed by atoms with van der Waals surface area (Å²) >= 11 is 0. The average Bonchev–Trinajstić information content (AvgIpc) is 2.56. The van der Waals surface area contributed by atoms with Gasteiger partial charge in [-0.05, 0) is 32.0 Å². The Kier molecular flexibility index (Phi) is 6.20. The molecular formula is C16H26N3O4S+. The van der Waals surface area contributed by atoms with Gasteiger partial charge in [-0.15, -0.1) is 0 Å². The van der Waals surface area contributed by atoms with Crippen LogP contribution in [0, 0.1) is 0 Å². The lowest BCUT2D eigenvalue weighted by atomic mass is 10.3. The first-order chi connectivity index (χ1) is 11.4. The fourth-order valence-corrected chi connectivity index (χ4v) is 4.25. The Morgan fingerprint density at radius 2 is 1.96 bits per heavy atom. The van der Waals surface area contributed by atoms with Crippen LogP contribution in [-0.2, 0) is 14.8 Å². The molecule has 0 aromatic heterocycles. The highest BCUT2D eigenvalue weighted by atomic mass is 32.2. The maximum Gasteiger partial charge on any atom is 0.243 e. The molecule has 134 valence electrons. The van der Waals surface area contributed by atoms with Crippen LogP contribution in [0.25, 0.3) is 0 Å². The summed E-state index contributed by atoms with van der Waals surface area (Å²) in [6, 6.07) is 4.60. The maximum atomic E-state index is 12.9. The number of nitrogens with one attached hydrogen (secondary N) is 2.